The molecule has 0 atom stereocenters. The topological polar surface area (TPSA) is 70.6 Å². The second-order valence-electron chi connectivity index (χ2n) is 4.62. The molecule has 1 fully saturated rings. The molecule has 104 valence electrons. The van der Waals surface area contributed by atoms with E-state index >= 15 is 0 Å². The van der Waals surface area contributed by atoms with Crippen molar-refractivity contribution < 1.29 is 18.4 Å². The second kappa shape index (κ2) is 4.73. The maximum absolute atomic E-state index is 12.7. The van der Waals surface area contributed by atoms with Gasteiger partial charge in [0, 0.05) is 12.1 Å². The smallest absolute Gasteiger partial charge is 0.406 e. The molecule has 4 nitrogen and oxygen atoms in total. The Morgan fingerprint density at radius 3 is 2.63 bits per heavy atom. The molecular formula is C12H14F3N3O. The van der Waals surface area contributed by atoms with Gasteiger partial charge in [-0.25, -0.2) is 0 Å². The summed E-state index contributed by atoms with van der Waals surface area (Å²) in [5.41, 5.74) is 4.81. The molecule has 1 aromatic carbocycles. The van der Waals surface area contributed by atoms with E-state index in [0.717, 1.165) is 0 Å². The maximum atomic E-state index is 12.7. The Kier molecular flexibility index (Phi) is 3.40. The van der Waals surface area contributed by atoms with E-state index in [9.17, 15) is 13.2 Å². The van der Waals surface area contributed by atoms with Gasteiger partial charge in [0.15, 0.2) is 5.84 Å². The summed E-state index contributed by atoms with van der Waals surface area (Å²) in [6, 6.07) is 6.55. The van der Waals surface area contributed by atoms with Gasteiger partial charge < -0.3 is 10.9 Å². The third kappa shape index (κ3) is 2.81. The largest absolute Gasteiger partial charge is 0.409 e. The third-order valence-corrected chi connectivity index (χ3v) is 3.25. The summed E-state index contributed by atoms with van der Waals surface area (Å²) < 4.78 is 38.2. The molecule has 0 bridgehead atoms. The second-order valence-corrected chi connectivity index (χ2v) is 4.62. The van der Waals surface area contributed by atoms with Crippen LogP contribution < -0.4 is 11.1 Å². The summed E-state index contributed by atoms with van der Waals surface area (Å²) in [4.78, 5) is 0. The van der Waals surface area contributed by atoms with Crippen LogP contribution in [0.4, 0.5) is 13.2 Å². The molecule has 1 aliphatic carbocycles. The van der Waals surface area contributed by atoms with Crippen LogP contribution in [0.3, 0.4) is 0 Å². The van der Waals surface area contributed by atoms with E-state index in [0.29, 0.717) is 11.1 Å². The quantitative estimate of drug-likeness (QED) is 0.340. The van der Waals surface area contributed by atoms with Crippen LogP contribution in [-0.2, 0) is 6.54 Å². The lowest BCUT2D eigenvalue weighted by Gasteiger charge is -2.20. The molecule has 1 saturated carbocycles. The van der Waals surface area contributed by atoms with Gasteiger partial charge in [0.05, 0.1) is 0 Å². The van der Waals surface area contributed by atoms with Gasteiger partial charge in [0.1, 0.15) is 5.54 Å². The first kappa shape index (κ1) is 13.7. The summed E-state index contributed by atoms with van der Waals surface area (Å²) in [5, 5.41) is 14.0. The number of nitrogens with zero attached hydrogens (tertiary/aromatic N) is 1. The van der Waals surface area contributed by atoms with Crippen molar-refractivity contribution in [1.29, 1.82) is 0 Å². The first-order valence-corrected chi connectivity index (χ1v) is 5.76. The van der Waals surface area contributed by atoms with Crippen molar-refractivity contribution in [1.82, 2.24) is 5.32 Å². The van der Waals surface area contributed by atoms with Crippen LogP contribution in [0.5, 0.6) is 0 Å². The van der Waals surface area contributed by atoms with Gasteiger partial charge in [-0.1, -0.05) is 23.4 Å². The van der Waals surface area contributed by atoms with Crippen molar-refractivity contribution in [2.75, 3.05) is 0 Å². The predicted molar refractivity (Wildman–Crippen MR) is 63.8 cm³/mol. The normalized spacial score (nSPS) is 18.4. The van der Waals surface area contributed by atoms with Gasteiger partial charge in [0.25, 0.3) is 0 Å². The van der Waals surface area contributed by atoms with E-state index in [1.807, 2.05) is 0 Å². The number of amidine groups is 1. The Balaban J connectivity index is 2.05. The van der Waals surface area contributed by atoms with Crippen LogP contribution in [0.2, 0.25) is 0 Å². The number of alkyl halides is 3. The summed E-state index contributed by atoms with van der Waals surface area (Å²) >= 11 is 0. The summed E-state index contributed by atoms with van der Waals surface area (Å²) in [5.74, 6) is -0.0705. The first-order chi connectivity index (χ1) is 8.88. The maximum Gasteiger partial charge on any atom is 0.406 e. The molecule has 0 spiro atoms. The number of nitrogens with two attached hydrogens (primary N) is 1. The zero-order valence-corrected chi connectivity index (χ0v) is 10.0. The summed E-state index contributed by atoms with van der Waals surface area (Å²) in [6.07, 6.45) is -4.01. The van der Waals surface area contributed by atoms with Crippen LogP contribution >= 0.6 is 0 Å². The van der Waals surface area contributed by atoms with Gasteiger partial charge >= 0.3 is 6.18 Å². The Morgan fingerprint density at radius 1 is 1.42 bits per heavy atom. The number of oxime groups is 1. The Morgan fingerprint density at radius 2 is 2.11 bits per heavy atom. The van der Waals surface area contributed by atoms with Crippen molar-refractivity contribution in [3.63, 3.8) is 0 Å². The molecule has 19 heavy (non-hydrogen) atoms. The zero-order valence-electron chi connectivity index (χ0n) is 10.0. The molecule has 0 saturated heterocycles. The fraction of sp³-hybridized carbons (Fsp3) is 0.417. The van der Waals surface area contributed by atoms with E-state index in [1.54, 1.807) is 24.3 Å². The van der Waals surface area contributed by atoms with Gasteiger partial charge in [-0.15, -0.1) is 0 Å². The minimum atomic E-state index is -4.23. The van der Waals surface area contributed by atoms with Gasteiger partial charge in [0.2, 0.25) is 0 Å². The average molecular weight is 273 g/mol. The summed E-state index contributed by atoms with van der Waals surface area (Å²) in [6.45, 7) is 0.0893. The standard InChI is InChI=1S/C12H14F3N3O/c13-12(14,15)11(4-5-11)17-7-8-2-1-3-9(6-8)10(16)18-19/h1-3,6,17,19H,4-5,7H2,(H2,16,18). The highest BCUT2D eigenvalue weighted by molar-refractivity contribution is 5.97. The highest BCUT2D eigenvalue weighted by Crippen LogP contribution is 2.49. The zero-order chi connectivity index (χ0) is 14.1. The van der Waals surface area contributed by atoms with Gasteiger partial charge in [-0.3, -0.25) is 5.32 Å². The van der Waals surface area contributed by atoms with E-state index < -0.39 is 11.7 Å². The highest BCUT2D eigenvalue weighted by atomic mass is 19.4. The number of hydrogen-bond acceptors (Lipinski definition) is 3. The number of benzene rings is 1. The minimum Gasteiger partial charge on any atom is -0.409 e. The Bertz CT molecular complexity index is 495. The molecule has 0 heterocycles. The predicted octanol–water partition coefficient (Wildman–Crippen LogP) is 1.97. The monoisotopic (exact) mass is 273 g/mol. The molecule has 0 radical (unpaired) electrons. The van der Waals surface area contributed by atoms with Crippen molar-refractivity contribution in [2.24, 2.45) is 10.9 Å². The fourth-order valence-electron chi connectivity index (χ4n) is 1.86. The molecule has 0 amide bonds. The lowest BCUT2D eigenvalue weighted by atomic mass is 10.1. The Labute approximate surface area is 108 Å². The molecule has 0 aliphatic heterocycles. The van der Waals surface area contributed by atoms with Crippen molar-refractivity contribution in [3.8, 4) is 0 Å². The molecule has 0 unspecified atom stereocenters. The molecular weight excluding hydrogens is 259 g/mol. The van der Waals surface area contributed by atoms with Crippen LogP contribution in [0.25, 0.3) is 0 Å². The Hall–Kier alpha value is -1.76. The fourth-order valence-corrected chi connectivity index (χ4v) is 1.86. The van der Waals surface area contributed by atoms with Crippen LogP contribution in [0.15, 0.2) is 29.4 Å². The van der Waals surface area contributed by atoms with Crippen LogP contribution in [0, 0.1) is 0 Å². The number of hydrogen-bond donors (Lipinski definition) is 3. The van der Waals surface area contributed by atoms with Crippen molar-refractivity contribution in [3.05, 3.63) is 35.4 Å². The van der Waals surface area contributed by atoms with Gasteiger partial charge in [-0.2, -0.15) is 13.2 Å². The molecule has 1 aromatic rings. The van der Waals surface area contributed by atoms with E-state index in [2.05, 4.69) is 10.5 Å². The molecule has 7 heteroatoms. The van der Waals surface area contributed by atoms with Crippen LogP contribution in [-0.4, -0.2) is 22.8 Å². The number of rotatable bonds is 4. The summed E-state index contributed by atoms with van der Waals surface area (Å²) in [7, 11) is 0. The van der Waals surface area contributed by atoms with E-state index in [4.69, 9.17) is 10.9 Å². The van der Waals surface area contributed by atoms with Crippen molar-refractivity contribution >= 4 is 5.84 Å². The number of nitrogens with one attached hydrogen (secondary N) is 1. The first-order valence-electron chi connectivity index (χ1n) is 5.76. The van der Waals surface area contributed by atoms with E-state index in [1.165, 1.54) is 0 Å². The number of halogens is 3. The minimum absolute atomic E-state index is 0.0705. The van der Waals surface area contributed by atoms with Crippen molar-refractivity contribution in [2.45, 2.75) is 31.1 Å². The lowest BCUT2D eigenvalue weighted by Crippen LogP contribution is -2.44. The lowest BCUT2D eigenvalue weighted by molar-refractivity contribution is -0.166. The molecule has 1 aliphatic rings. The highest BCUT2D eigenvalue weighted by Gasteiger charge is 2.62. The van der Waals surface area contributed by atoms with Crippen LogP contribution in [0.1, 0.15) is 24.0 Å². The average Bonchev–Trinajstić information content (AvgIpc) is 3.16. The third-order valence-electron chi connectivity index (χ3n) is 3.25. The molecule has 2 rings (SSSR count). The molecule has 4 N–H and O–H groups in total. The van der Waals surface area contributed by atoms with Gasteiger partial charge in [-0.05, 0) is 24.5 Å². The molecule has 0 aromatic heterocycles. The SMILES string of the molecule is N/C(=N/O)c1cccc(CNC2(C(F)(F)F)CC2)c1. The van der Waals surface area contributed by atoms with E-state index in [-0.39, 0.29) is 25.2 Å².